The maximum absolute atomic E-state index is 13.7. The SMILES string of the molecule is COc1ccc(C2=C(N3CCc4ccccc43)C(=O)N(C3CCCCC3)C2=O)cc1. The Kier molecular flexibility index (Phi) is 4.81. The third-order valence-electron chi connectivity index (χ3n) is 6.57. The fourth-order valence-corrected chi connectivity index (χ4v) is 5.04. The Morgan fingerprint density at radius 3 is 2.37 bits per heavy atom. The first-order valence-electron chi connectivity index (χ1n) is 10.8. The maximum Gasteiger partial charge on any atom is 0.278 e. The van der Waals surface area contributed by atoms with Gasteiger partial charge in [0.25, 0.3) is 11.8 Å². The highest BCUT2D eigenvalue weighted by molar-refractivity contribution is 6.37. The molecule has 2 aromatic rings. The van der Waals surface area contributed by atoms with Crippen molar-refractivity contribution in [3.63, 3.8) is 0 Å². The average Bonchev–Trinajstić information content (AvgIpc) is 3.32. The number of methoxy groups -OCH3 is 1. The first-order chi connectivity index (χ1) is 14.7. The van der Waals surface area contributed by atoms with Crippen molar-refractivity contribution in [2.75, 3.05) is 18.6 Å². The van der Waals surface area contributed by atoms with Gasteiger partial charge in [-0.3, -0.25) is 14.5 Å². The summed E-state index contributed by atoms with van der Waals surface area (Å²) in [4.78, 5) is 30.9. The van der Waals surface area contributed by atoms with Gasteiger partial charge in [0.15, 0.2) is 0 Å². The molecule has 2 amide bonds. The number of hydrogen-bond donors (Lipinski definition) is 0. The lowest BCUT2D eigenvalue weighted by Crippen LogP contribution is -2.43. The van der Waals surface area contributed by atoms with Crippen LogP contribution in [0.3, 0.4) is 0 Å². The molecule has 0 aromatic heterocycles. The highest BCUT2D eigenvalue weighted by Gasteiger charge is 2.46. The number of nitrogens with zero attached hydrogens (tertiary/aromatic N) is 2. The highest BCUT2D eigenvalue weighted by Crippen LogP contribution is 2.40. The van der Waals surface area contributed by atoms with Crippen molar-refractivity contribution in [3.8, 4) is 5.75 Å². The molecule has 2 heterocycles. The van der Waals surface area contributed by atoms with Crippen molar-refractivity contribution >= 4 is 23.1 Å². The van der Waals surface area contributed by atoms with E-state index in [9.17, 15) is 9.59 Å². The minimum Gasteiger partial charge on any atom is -0.497 e. The van der Waals surface area contributed by atoms with E-state index in [0.29, 0.717) is 17.8 Å². The number of anilines is 1. The van der Waals surface area contributed by atoms with Gasteiger partial charge in [0, 0.05) is 18.3 Å². The standard InChI is InChI=1S/C25H26N2O3/c1-30-20-13-11-18(12-14-20)22-23(26-16-15-17-7-5-6-10-21(17)26)25(29)27(24(22)28)19-8-3-2-4-9-19/h5-7,10-14,19H,2-4,8-9,15-16H2,1H3. The van der Waals surface area contributed by atoms with Crippen LogP contribution in [0.15, 0.2) is 54.2 Å². The predicted molar refractivity (Wildman–Crippen MR) is 116 cm³/mol. The quantitative estimate of drug-likeness (QED) is 0.721. The number of rotatable bonds is 4. The Hall–Kier alpha value is -3.08. The predicted octanol–water partition coefficient (Wildman–Crippen LogP) is 4.17. The van der Waals surface area contributed by atoms with Crippen molar-refractivity contribution in [1.82, 2.24) is 4.90 Å². The first-order valence-corrected chi connectivity index (χ1v) is 10.8. The molecule has 0 N–H and O–H groups in total. The first kappa shape index (κ1) is 18.9. The van der Waals surface area contributed by atoms with Crippen molar-refractivity contribution in [2.24, 2.45) is 0 Å². The van der Waals surface area contributed by atoms with Crippen LogP contribution < -0.4 is 9.64 Å². The van der Waals surface area contributed by atoms with E-state index in [1.165, 1.54) is 12.0 Å². The second kappa shape index (κ2) is 7.63. The molecule has 5 heteroatoms. The Bertz CT molecular complexity index is 1020. The van der Waals surface area contributed by atoms with Gasteiger partial charge in [-0.15, -0.1) is 0 Å². The van der Waals surface area contributed by atoms with Crippen LogP contribution in [0.5, 0.6) is 5.75 Å². The van der Waals surface area contributed by atoms with Gasteiger partial charge < -0.3 is 9.64 Å². The van der Waals surface area contributed by atoms with E-state index in [4.69, 9.17) is 4.74 Å². The van der Waals surface area contributed by atoms with Crippen molar-refractivity contribution in [1.29, 1.82) is 0 Å². The summed E-state index contributed by atoms with van der Waals surface area (Å²) in [5.41, 5.74) is 4.07. The van der Waals surface area contributed by atoms with Gasteiger partial charge in [0.2, 0.25) is 0 Å². The van der Waals surface area contributed by atoms with E-state index in [1.54, 1.807) is 12.0 Å². The summed E-state index contributed by atoms with van der Waals surface area (Å²) < 4.78 is 5.28. The van der Waals surface area contributed by atoms with Gasteiger partial charge in [-0.2, -0.15) is 0 Å². The van der Waals surface area contributed by atoms with Crippen LogP contribution in [0.1, 0.15) is 43.2 Å². The van der Waals surface area contributed by atoms with Crippen molar-refractivity contribution in [2.45, 2.75) is 44.6 Å². The zero-order valence-corrected chi connectivity index (χ0v) is 17.3. The molecule has 1 aliphatic carbocycles. The number of imide groups is 1. The highest BCUT2D eigenvalue weighted by atomic mass is 16.5. The van der Waals surface area contributed by atoms with Gasteiger partial charge in [-0.1, -0.05) is 49.6 Å². The van der Waals surface area contributed by atoms with Gasteiger partial charge in [-0.25, -0.2) is 0 Å². The van der Waals surface area contributed by atoms with Crippen LogP contribution in [0, 0.1) is 0 Å². The summed E-state index contributed by atoms with van der Waals surface area (Å²) in [6.45, 7) is 0.714. The van der Waals surface area contributed by atoms with Gasteiger partial charge >= 0.3 is 0 Å². The number of para-hydroxylation sites is 1. The molecular weight excluding hydrogens is 376 g/mol. The van der Waals surface area contributed by atoms with Crippen LogP contribution >= 0.6 is 0 Å². The number of hydrogen-bond acceptors (Lipinski definition) is 4. The summed E-state index contributed by atoms with van der Waals surface area (Å²) >= 11 is 0. The molecule has 2 aromatic carbocycles. The van der Waals surface area contributed by atoms with E-state index in [2.05, 4.69) is 11.0 Å². The Morgan fingerprint density at radius 1 is 0.900 bits per heavy atom. The summed E-state index contributed by atoms with van der Waals surface area (Å²) in [6.07, 6.45) is 6.00. The number of carbonyl (C=O) groups excluding carboxylic acids is 2. The summed E-state index contributed by atoms with van der Waals surface area (Å²) in [5.74, 6) is 0.430. The molecule has 5 rings (SSSR count). The Balaban J connectivity index is 1.62. The Labute approximate surface area is 176 Å². The molecule has 0 atom stereocenters. The second-order valence-electron chi connectivity index (χ2n) is 8.25. The van der Waals surface area contributed by atoms with Crippen LogP contribution in [-0.4, -0.2) is 36.4 Å². The number of benzene rings is 2. The van der Waals surface area contributed by atoms with Crippen LogP contribution in [0.2, 0.25) is 0 Å². The van der Waals surface area contributed by atoms with E-state index in [0.717, 1.165) is 49.1 Å². The summed E-state index contributed by atoms with van der Waals surface area (Å²) in [6, 6.07) is 15.6. The molecule has 5 nitrogen and oxygen atoms in total. The monoisotopic (exact) mass is 402 g/mol. The van der Waals surface area contributed by atoms with E-state index in [-0.39, 0.29) is 17.9 Å². The number of carbonyl (C=O) groups is 2. The third-order valence-corrected chi connectivity index (χ3v) is 6.57. The zero-order valence-electron chi connectivity index (χ0n) is 17.3. The molecule has 0 radical (unpaired) electrons. The van der Waals surface area contributed by atoms with Gasteiger partial charge in [0.1, 0.15) is 11.4 Å². The zero-order chi connectivity index (χ0) is 20.7. The molecule has 0 unspecified atom stereocenters. The van der Waals surface area contributed by atoms with Gasteiger partial charge in [0.05, 0.1) is 12.7 Å². The van der Waals surface area contributed by atoms with Crippen molar-refractivity contribution < 1.29 is 14.3 Å². The second-order valence-corrected chi connectivity index (χ2v) is 8.25. The summed E-state index contributed by atoms with van der Waals surface area (Å²) in [5, 5.41) is 0. The molecule has 0 saturated heterocycles. The molecule has 1 fully saturated rings. The minimum atomic E-state index is -0.156. The fraction of sp³-hybridized carbons (Fsp3) is 0.360. The molecule has 154 valence electrons. The van der Waals surface area contributed by atoms with E-state index < -0.39 is 0 Å². The summed E-state index contributed by atoms with van der Waals surface area (Å²) in [7, 11) is 1.62. The lowest BCUT2D eigenvalue weighted by molar-refractivity contribution is -0.140. The van der Waals surface area contributed by atoms with E-state index in [1.807, 2.05) is 42.5 Å². The largest absolute Gasteiger partial charge is 0.497 e. The normalized spacial score (nSPS) is 19.6. The molecule has 0 bridgehead atoms. The van der Waals surface area contributed by atoms with Crippen LogP contribution in [-0.2, 0) is 16.0 Å². The number of amides is 2. The molecule has 1 saturated carbocycles. The molecule has 0 spiro atoms. The van der Waals surface area contributed by atoms with Crippen LogP contribution in [0.4, 0.5) is 5.69 Å². The minimum absolute atomic E-state index is 0.00217. The lowest BCUT2D eigenvalue weighted by Gasteiger charge is -2.30. The fourth-order valence-electron chi connectivity index (χ4n) is 5.04. The van der Waals surface area contributed by atoms with E-state index >= 15 is 0 Å². The van der Waals surface area contributed by atoms with Gasteiger partial charge in [-0.05, 0) is 48.6 Å². The topological polar surface area (TPSA) is 49.9 Å². The number of fused-ring (bicyclic) bond motifs is 1. The smallest absolute Gasteiger partial charge is 0.278 e. The molecule has 3 aliphatic rings. The number of ether oxygens (including phenoxy) is 1. The maximum atomic E-state index is 13.7. The Morgan fingerprint density at radius 2 is 1.63 bits per heavy atom. The molecule has 30 heavy (non-hydrogen) atoms. The van der Waals surface area contributed by atoms with Crippen molar-refractivity contribution in [3.05, 3.63) is 65.4 Å². The third kappa shape index (κ3) is 3.00. The average molecular weight is 402 g/mol. The molecule has 2 aliphatic heterocycles. The lowest BCUT2D eigenvalue weighted by atomic mass is 9.94. The molecular formula is C25H26N2O3. The van der Waals surface area contributed by atoms with Crippen LogP contribution in [0.25, 0.3) is 5.57 Å².